The lowest BCUT2D eigenvalue weighted by molar-refractivity contribution is -0.117. The smallest absolute Gasteiger partial charge is 0.248 e. The Morgan fingerprint density at radius 3 is 2.78 bits per heavy atom. The van der Waals surface area contributed by atoms with Crippen molar-refractivity contribution in [3.05, 3.63) is 65.2 Å². The van der Waals surface area contributed by atoms with E-state index in [1.54, 1.807) is 16.8 Å². The van der Waals surface area contributed by atoms with E-state index >= 15 is 0 Å². The fourth-order valence-electron chi connectivity index (χ4n) is 3.36. The average Bonchev–Trinajstić information content (AvgIpc) is 3.47. The fourth-order valence-corrected chi connectivity index (χ4v) is 4.14. The van der Waals surface area contributed by atoms with Gasteiger partial charge in [-0.05, 0) is 54.9 Å². The van der Waals surface area contributed by atoms with Gasteiger partial charge in [0.2, 0.25) is 16.6 Å². The summed E-state index contributed by atoms with van der Waals surface area (Å²) in [6, 6.07) is 12.4. The highest BCUT2D eigenvalue weighted by Gasteiger charge is 2.30. The molecule has 0 spiro atoms. The number of H-pyrrole nitrogens is 1. The van der Waals surface area contributed by atoms with Crippen LogP contribution in [0.1, 0.15) is 12.8 Å². The van der Waals surface area contributed by atoms with Crippen molar-refractivity contribution in [1.82, 2.24) is 34.2 Å². The van der Waals surface area contributed by atoms with Gasteiger partial charge in [-0.25, -0.2) is 9.50 Å². The summed E-state index contributed by atoms with van der Waals surface area (Å²) in [7, 11) is 0. The molecule has 5 aromatic rings. The monoisotopic (exact) mass is 444 g/mol. The minimum absolute atomic E-state index is 0.00787. The molecule has 1 fully saturated rings. The topological polar surface area (TPSA) is 122 Å². The maximum atomic E-state index is 12.0. The van der Waals surface area contributed by atoms with Crippen LogP contribution in [0.15, 0.2) is 69.8 Å². The van der Waals surface area contributed by atoms with Crippen molar-refractivity contribution in [2.75, 3.05) is 5.32 Å². The van der Waals surface area contributed by atoms with Crippen LogP contribution < -0.4 is 10.9 Å². The number of hydrogen-bond donors (Lipinski definition) is 2. The SMILES string of the molecule is O=C(Nc1cn2nc(Sc3nnc4ccc(-c5cccc(=O)[nH]5)cn34)ccc2n1)C1CC1. The second kappa shape index (κ2) is 7.31. The van der Waals surface area contributed by atoms with E-state index in [0.29, 0.717) is 33.0 Å². The number of nitrogens with zero attached hydrogens (tertiary/aromatic N) is 6. The molecule has 1 aliphatic carbocycles. The van der Waals surface area contributed by atoms with Crippen molar-refractivity contribution in [2.45, 2.75) is 23.0 Å². The number of nitrogens with one attached hydrogen (secondary N) is 2. The van der Waals surface area contributed by atoms with Crippen LogP contribution in [0.4, 0.5) is 5.82 Å². The summed E-state index contributed by atoms with van der Waals surface area (Å²) in [5, 5.41) is 17.2. The molecule has 0 aliphatic heterocycles. The van der Waals surface area contributed by atoms with Gasteiger partial charge < -0.3 is 10.3 Å². The quantitative estimate of drug-likeness (QED) is 0.427. The van der Waals surface area contributed by atoms with Gasteiger partial charge in [-0.2, -0.15) is 5.10 Å². The Balaban J connectivity index is 1.30. The zero-order valence-corrected chi connectivity index (χ0v) is 17.4. The molecule has 158 valence electrons. The molecule has 1 saturated carbocycles. The van der Waals surface area contributed by atoms with Crippen molar-refractivity contribution >= 4 is 34.8 Å². The minimum atomic E-state index is -0.161. The molecule has 1 amide bonds. The van der Waals surface area contributed by atoms with Crippen molar-refractivity contribution < 1.29 is 4.79 Å². The zero-order chi connectivity index (χ0) is 21.7. The maximum Gasteiger partial charge on any atom is 0.248 e. The lowest BCUT2D eigenvalue weighted by atomic mass is 10.2. The highest BCUT2D eigenvalue weighted by atomic mass is 32.2. The van der Waals surface area contributed by atoms with Gasteiger partial charge in [0.1, 0.15) is 5.03 Å². The third kappa shape index (κ3) is 3.52. The zero-order valence-electron chi connectivity index (χ0n) is 16.6. The van der Waals surface area contributed by atoms with Crippen molar-refractivity contribution in [3.63, 3.8) is 0 Å². The van der Waals surface area contributed by atoms with E-state index in [9.17, 15) is 9.59 Å². The molecule has 5 heterocycles. The molecule has 2 N–H and O–H groups in total. The number of aromatic nitrogens is 7. The number of pyridine rings is 2. The van der Waals surface area contributed by atoms with Crippen LogP contribution in [-0.4, -0.2) is 40.1 Å². The Kier molecular flexibility index (Phi) is 4.28. The van der Waals surface area contributed by atoms with Gasteiger partial charge in [0.15, 0.2) is 17.1 Å². The van der Waals surface area contributed by atoms with E-state index in [0.717, 1.165) is 18.4 Å². The van der Waals surface area contributed by atoms with Gasteiger partial charge in [0.25, 0.3) is 0 Å². The predicted molar refractivity (Wildman–Crippen MR) is 118 cm³/mol. The fraction of sp³-hybridized carbons (Fsp3) is 0.143. The van der Waals surface area contributed by atoms with Crippen LogP contribution >= 0.6 is 11.8 Å². The molecule has 10 nitrogen and oxygen atoms in total. The number of carbonyl (C=O) groups is 1. The van der Waals surface area contributed by atoms with E-state index in [2.05, 4.69) is 30.6 Å². The lowest BCUT2D eigenvalue weighted by Gasteiger charge is -2.04. The highest BCUT2D eigenvalue weighted by molar-refractivity contribution is 7.99. The molecule has 5 aromatic heterocycles. The van der Waals surface area contributed by atoms with E-state index in [-0.39, 0.29) is 17.4 Å². The molecule has 0 aromatic carbocycles. The van der Waals surface area contributed by atoms with Crippen molar-refractivity contribution in [2.24, 2.45) is 5.92 Å². The Morgan fingerprint density at radius 2 is 1.94 bits per heavy atom. The summed E-state index contributed by atoms with van der Waals surface area (Å²) >= 11 is 1.35. The molecule has 11 heteroatoms. The number of fused-ring (bicyclic) bond motifs is 2. The summed E-state index contributed by atoms with van der Waals surface area (Å²) in [6.45, 7) is 0. The number of imidazole rings is 1. The van der Waals surface area contributed by atoms with Crippen LogP contribution in [-0.2, 0) is 4.79 Å². The number of carbonyl (C=O) groups excluding carboxylic acids is 1. The molecule has 0 radical (unpaired) electrons. The van der Waals surface area contributed by atoms with E-state index < -0.39 is 0 Å². The Morgan fingerprint density at radius 1 is 1.06 bits per heavy atom. The molecule has 1 aliphatic rings. The molecule has 0 atom stereocenters. The lowest BCUT2D eigenvalue weighted by Crippen LogP contribution is -2.13. The normalized spacial score (nSPS) is 13.6. The average molecular weight is 444 g/mol. The molecule has 0 bridgehead atoms. The highest BCUT2D eigenvalue weighted by Crippen LogP contribution is 2.30. The van der Waals surface area contributed by atoms with E-state index in [4.69, 9.17) is 0 Å². The first-order chi connectivity index (χ1) is 15.6. The first-order valence-corrected chi connectivity index (χ1v) is 10.8. The number of amides is 1. The van der Waals surface area contributed by atoms with Gasteiger partial charge in [-0.1, -0.05) is 6.07 Å². The van der Waals surface area contributed by atoms with E-state index in [1.165, 1.54) is 17.8 Å². The first kappa shape index (κ1) is 18.8. The standard InChI is InChI=1S/C21H16N8O2S/c30-18-3-1-2-14(22-18)13-6-7-17-25-26-21(28(17)10-13)32-19-9-8-16-23-15(11-29(16)27-19)24-20(31)12-4-5-12/h1-3,6-12H,4-5H2,(H,22,30)(H,24,31). The van der Waals surface area contributed by atoms with Gasteiger partial charge >= 0.3 is 0 Å². The summed E-state index contributed by atoms with van der Waals surface area (Å²) in [5.74, 6) is 0.609. The number of anilines is 1. The second-order valence-electron chi connectivity index (χ2n) is 7.52. The number of rotatable bonds is 5. The van der Waals surface area contributed by atoms with Gasteiger partial charge in [-0.15, -0.1) is 10.2 Å². The summed E-state index contributed by atoms with van der Waals surface area (Å²) in [5.41, 5.74) is 2.71. The molecule has 0 unspecified atom stereocenters. The Labute approximate surface area is 184 Å². The summed E-state index contributed by atoms with van der Waals surface area (Å²) < 4.78 is 3.49. The van der Waals surface area contributed by atoms with Gasteiger partial charge in [0.05, 0.1) is 6.20 Å². The third-order valence-electron chi connectivity index (χ3n) is 5.14. The van der Waals surface area contributed by atoms with Crippen LogP contribution in [0, 0.1) is 5.92 Å². The van der Waals surface area contributed by atoms with E-state index in [1.807, 2.05) is 40.9 Å². The van der Waals surface area contributed by atoms with Crippen LogP contribution in [0.2, 0.25) is 0 Å². The molecule has 0 saturated heterocycles. The van der Waals surface area contributed by atoms with Gasteiger partial charge in [0, 0.05) is 29.4 Å². The largest absolute Gasteiger partial charge is 0.322 e. The van der Waals surface area contributed by atoms with Gasteiger partial charge in [-0.3, -0.25) is 14.0 Å². The van der Waals surface area contributed by atoms with Crippen LogP contribution in [0.25, 0.3) is 22.6 Å². The molecule has 6 rings (SSSR count). The molecular weight excluding hydrogens is 428 g/mol. The van der Waals surface area contributed by atoms with Crippen molar-refractivity contribution in [1.29, 1.82) is 0 Å². The first-order valence-electron chi connectivity index (χ1n) is 10.0. The summed E-state index contributed by atoms with van der Waals surface area (Å²) in [4.78, 5) is 30.9. The predicted octanol–water partition coefficient (Wildman–Crippen LogP) is 2.63. The Hall–Kier alpha value is -3.99. The third-order valence-corrected chi connectivity index (χ3v) is 6.03. The maximum absolute atomic E-state index is 12.0. The van der Waals surface area contributed by atoms with Crippen molar-refractivity contribution in [3.8, 4) is 11.3 Å². The summed E-state index contributed by atoms with van der Waals surface area (Å²) in [6.07, 6.45) is 5.45. The second-order valence-corrected chi connectivity index (χ2v) is 8.51. The number of aromatic amines is 1. The molecular formula is C21H16N8O2S. The van der Waals surface area contributed by atoms with Crippen LogP contribution in [0.3, 0.4) is 0 Å². The van der Waals surface area contributed by atoms with Crippen LogP contribution in [0.5, 0.6) is 0 Å². The molecule has 32 heavy (non-hydrogen) atoms. The Bertz CT molecular complexity index is 1550. The number of hydrogen-bond acceptors (Lipinski definition) is 7. The minimum Gasteiger partial charge on any atom is -0.322 e.